The molecule has 1 aromatic heterocycles. The highest BCUT2D eigenvalue weighted by molar-refractivity contribution is 7.11. The Kier molecular flexibility index (Phi) is 4.17. The van der Waals surface area contributed by atoms with E-state index < -0.39 is 0 Å². The van der Waals surface area contributed by atoms with Gasteiger partial charge in [0.1, 0.15) is 0 Å². The average molecular weight is 253 g/mol. The molecule has 1 fully saturated rings. The molecule has 0 saturated heterocycles. The average Bonchev–Trinajstić information content (AvgIpc) is 3.04. The van der Waals surface area contributed by atoms with Gasteiger partial charge in [0, 0.05) is 17.0 Å². The largest absolute Gasteiger partial charge is 0.327 e. The van der Waals surface area contributed by atoms with E-state index in [0.29, 0.717) is 12.1 Å². The van der Waals surface area contributed by atoms with Gasteiger partial charge in [0.2, 0.25) is 0 Å². The van der Waals surface area contributed by atoms with E-state index >= 15 is 0 Å². The molecule has 1 aliphatic rings. The third kappa shape index (κ3) is 3.50. The monoisotopic (exact) mass is 253 g/mol. The summed E-state index contributed by atoms with van der Waals surface area (Å²) in [5, 5.41) is 4.71. The maximum Gasteiger partial charge on any atom is 0.0900 e. The van der Waals surface area contributed by atoms with Crippen LogP contribution in [0.5, 0.6) is 0 Å². The standard InChI is InChI=1S/C13H23N3S/c1-8(13-9(2)16-10(3)17-13)15-7-6-12(14)11-4-5-11/h8,11-12,15H,4-7,14H2,1-3H3. The summed E-state index contributed by atoms with van der Waals surface area (Å²) in [6, 6.07) is 0.798. The maximum atomic E-state index is 6.09. The first-order chi connectivity index (χ1) is 8.08. The molecule has 0 aromatic carbocycles. The first-order valence-corrected chi connectivity index (χ1v) is 7.32. The van der Waals surface area contributed by atoms with Crippen molar-refractivity contribution in [2.75, 3.05) is 6.54 Å². The zero-order valence-corrected chi connectivity index (χ0v) is 11.8. The number of nitrogens with one attached hydrogen (secondary N) is 1. The molecule has 3 N–H and O–H groups in total. The molecule has 1 aromatic rings. The highest BCUT2D eigenvalue weighted by Crippen LogP contribution is 2.32. The van der Waals surface area contributed by atoms with E-state index in [1.54, 1.807) is 11.3 Å². The minimum atomic E-state index is 0.396. The fourth-order valence-corrected chi connectivity index (χ4v) is 3.22. The minimum absolute atomic E-state index is 0.396. The fraction of sp³-hybridized carbons (Fsp3) is 0.769. The number of hydrogen-bond acceptors (Lipinski definition) is 4. The van der Waals surface area contributed by atoms with Gasteiger partial charge in [-0.2, -0.15) is 0 Å². The third-order valence-corrected chi connectivity index (χ3v) is 4.74. The van der Waals surface area contributed by atoms with Crippen molar-refractivity contribution in [2.24, 2.45) is 11.7 Å². The Morgan fingerprint density at radius 2 is 2.18 bits per heavy atom. The van der Waals surface area contributed by atoms with Gasteiger partial charge in [-0.1, -0.05) is 0 Å². The van der Waals surface area contributed by atoms with Gasteiger partial charge in [-0.25, -0.2) is 4.98 Å². The number of nitrogens with zero attached hydrogens (tertiary/aromatic N) is 1. The number of rotatable bonds is 6. The van der Waals surface area contributed by atoms with Crippen molar-refractivity contribution in [2.45, 2.75) is 52.1 Å². The van der Waals surface area contributed by atoms with Crippen molar-refractivity contribution >= 4 is 11.3 Å². The fourth-order valence-electron chi connectivity index (χ4n) is 2.27. The van der Waals surface area contributed by atoms with Crippen LogP contribution in [0.1, 0.15) is 47.8 Å². The molecule has 1 heterocycles. The van der Waals surface area contributed by atoms with Crippen LogP contribution < -0.4 is 11.1 Å². The highest BCUT2D eigenvalue weighted by atomic mass is 32.1. The number of hydrogen-bond donors (Lipinski definition) is 2. The number of nitrogens with two attached hydrogens (primary N) is 1. The van der Waals surface area contributed by atoms with Crippen LogP contribution in [0.15, 0.2) is 0 Å². The number of aryl methyl sites for hydroxylation is 2. The van der Waals surface area contributed by atoms with Crippen molar-refractivity contribution in [1.82, 2.24) is 10.3 Å². The lowest BCUT2D eigenvalue weighted by Crippen LogP contribution is -2.29. The zero-order valence-electron chi connectivity index (χ0n) is 11.0. The number of thiazole rings is 1. The SMILES string of the molecule is Cc1nc(C)c(C(C)NCCC(N)C2CC2)s1. The summed E-state index contributed by atoms with van der Waals surface area (Å²) < 4.78 is 0. The van der Waals surface area contributed by atoms with Crippen LogP contribution in [0.4, 0.5) is 0 Å². The molecule has 96 valence electrons. The lowest BCUT2D eigenvalue weighted by Gasteiger charge is -2.15. The first-order valence-electron chi connectivity index (χ1n) is 6.51. The molecular weight excluding hydrogens is 230 g/mol. The lowest BCUT2D eigenvalue weighted by molar-refractivity contribution is 0.489. The van der Waals surface area contributed by atoms with Crippen LogP contribution in [0.2, 0.25) is 0 Å². The predicted octanol–water partition coefficient (Wildman–Crippen LogP) is 2.54. The van der Waals surface area contributed by atoms with E-state index in [0.717, 1.165) is 23.9 Å². The van der Waals surface area contributed by atoms with Gasteiger partial charge >= 0.3 is 0 Å². The summed E-state index contributed by atoms with van der Waals surface area (Å²) in [5.74, 6) is 0.805. The molecule has 0 spiro atoms. The second-order valence-electron chi connectivity index (χ2n) is 5.15. The van der Waals surface area contributed by atoms with E-state index in [-0.39, 0.29) is 0 Å². The Labute approximate surface area is 108 Å². The molecule has 3 nitrogen and oxygen atoms in total. The van der Waals surface area contributed by atoms with Gasteiger partial charge in [-0.3, -0.25) is 0 Å². The van der Waals surface area contributed by atoms with Gasteiger partial charge in [-0.05, 0) is 52.5 Å². The summed E-state index contributed by atoms with van der Waals surface area (Å²) in [7, 11) is 0. The van der Waals surface area contributed by atoms with Crippen LogP contribution >= 0.6 is 11.3 Å². The molecule has 2 atom stereocenters. The Morgan fingerprint density at radius 3 is 2.71 bits per heavy atom. The Bertz CT molecular complexity index is 371. The molecule has 2 rings (SSSR count). The molecule has 0 amide bonds. The smallest absolute Gasteiger partial charge is 0.0900 e. The molecule has 0 bridgehead atoms. The topological polar surface area (TPSA) is 50.9 Å². The van der Waals surface area contributed by atoms with E-state index in [2.05, 4.69) is 31.1 Å². The van der Waals surface area contributed by atoms with E-state index in [1.165, 1.54) is 23.4 Å². The first kappa shape index (κ1) is 13.0. The molecule has 0 aliphatic heterocycles. The van der Waals surface area contributed by atoms with Crippen molar-refractivity contribution in [1.29, 1.82) is 0 Å². The Hall–Kier alpha value is -0.450. The zero-order chi connectivity index (χ0) is 12.4. The molecule has 2 unspecified atom stereocenters. The van der Waals surface area contributed by atoms with E-state index in [9.17, 15) is 0 Å². The number of aromatic nitrogens is 1. The van der Waals surface area contributed by atoms with Crippen LogP contribution in [-0.2, 0) is 0 Å². The third-order valence-electron chi connectivity index (χ3n) is 3.49. The molecular formula is C13H23N3S. The molecule has 1 saturated carbocycles. The maximum absolute atomic E-state index is 6.09. The van der Waals surface area contributed by atoms with Crippen molar-refractivity contribution in [3.8, 4) is 0 Å². The van der Waals surface area contributed by atoms with Gasteiger partial charge in [-0.15, -0.1) is 11.3 Å². The van der Waals surface area contributed by atoms with Gasteiger partial charge in [0.05, 0.1) is 10.7 Å². The van der Waals surface area contributed by atoms with Gasteiger partial charge < -0.3 is 11.1 Å². The van der Waals surface area contributed by atoms with E-state index in [4.69, 9.17) is 5.73 Å². The summed E-state index contributed by atoms with van der Waals surface area (Å²) in [6.07, 6.45) is 3.76. The highest BCUT2D eigenvalue weighted by Gasteiger charge is 2.27. The van der Waals surface area contributed by atoms with Crippen molar-refractivity contribution < 1.29 is 0 Å². The van der Waals surface area contributed by atoms with Crippen LogP contribution in [-0.4, -0.2) is 17.6 Å². The second kappa shape index (κ2) is 5.46. The molecule has 17 heavy (non-hydrogen) atoms. The van der Waals surface area contributed by atoms with Gasteiger partial charge in [0.25, 0.3) is 0 Å². The lowest BCUT2D eigenvalue weighted by atomic mass is 10.1. The second-order valence-corrected chi connectivity index (χ2v) is 6.38. The Morgan fingerprint density at radius 1 is 1.47 bits per heavy atom. The Balaban J connectivity index is 1.76. The van der Waals surface area contributed by atoms with Crippen molar-refractivity contribution in [3.05, 3.63) is 15.6 Å². The molecule has 1 aliphatic carbocycles. The summed E-state index contributed by atoms with van der Waals surface area (Å²) >= 11 is 1.80. The van der Waals surface area contributed by atoms with Crippen molar-refractivity contribution in [3.63, 3.8) is 0 Å². The quantitative estimate of drug-likeness (QED) is 0.819. The van der Waals surface area contributed by atoms with Crippen LogP contribution in [0.3, 0.4) is 0 Å². The summed E-state index contributed by atoms with van der Waals surface area (Å²) in [5.41, 5.74) is 7.25. The summed E-state index contributed by atoms with van der Waals surface area (Å²) in [4.78, 5) is 5.83. The molecule has 0 radical (unpaired) electrons. The normalized spacial score (nSPS) is 19.3. The van der Waals surface area contributed by atoms with Gasteiger partial charge in [0.15, 0.2) is 0 Å². The molecule has 4 heteroatoms. The van der Waals surface area contributed by atoms with E-state index in [1.807, 2.05) is 0 Å². The predicted molar refractivity (Wildman–Crippen MR) is 73.3 cm³/mol. The minimum Gasteiger partial charge on any atom is -0.327 e. The summed E-state index contributed by atoms with van der Waals surface area (Å²) in [6.45, 7) is 7.38. The van der Waals surface area contributed by atoms with Crippen LogP contribution in [0, 0.1) is 19.8 Å². The van der Waals surface area contributed by atoms with Crippen LogP contribution in [0.25, 0.3) is 0 Å².